The number of aliphatic hydroxyl groups excluding tert-OH is 1. The molecule has 2 aliphatic heterocycles. The van der Waals surface area contributed by atoms with E-state index in [-0.39, 0.29) is 30.0 Å². The molecule has 2 aromatic rings. The lowest BCUT2D eigenvalue weighted by Gasteiger charge is -2.44. The van der Waals surface area contributed by atoms with Crippen molar-refractivity contribution in [3.05, 3.63) is 81.9 Å². The molecule has 2 N–H and O–H groups in total. The highest BCUT2D eigenvalue weighted by molar-refractivity contribution is 8.03. The second-order valence-corrected chi connectivity index (χ2v) is 11.1. The molecule has 0 unspecified atom stereocenters. The van der Waals surface area contributed by atoms with Crippen molar-refractivity contribution in [3.63, 3.8) is 0 Å². The number of aryl methyl sites for hydroxylation is 1. The van der Waals surface area contributed by atoms with Crippen LogP contribution in [0.15, 0.2) is 65.2 Å². The molecule has 3 atom stereocenters. The number of ether oxygens (including phenoxy) is 4. The number of hydrogen-bond donors (Lipinski definition) is 2. The van der Waals surface area contributed by atoms with Gasteiger partial charge in [-0.3, -0.25) is 15.1 Å². The minimum Gasteiger partial charge on any atom is -0.424 e. The SMILES string of the molecule is Cc1cccc(C(=O)OCOC(=O)N(C=N)CCSC2=C(C(=O)OCOC(=O)c3ccccc3)N3C(=O)[C@H]([C@@H](C)O)[C@H]3C2)c1. The first-order valence-electron chi connectivity index (χ1n) is 13.6. The fourth-order valence-corrected chi connectivity index (χ4v) is 5.90. The molecule has 44 heavy (non-hydrogen) atoms. The van der Waals surface area contributed by atoms with E-state index in [4.69, 9.17) is 24.4 Å². The highest BCUT2D eigenvalue weighted by Crippen LogP contribution is 2.47. The molecule has 0 spiro atoms. The Morgan fingerprint density at radius 2 is 1.64 bits per heavy atom. The van der Waals surface area contributed by atoms with E-state index in [2.05, 4.69) is 0 Å². The third-order valence-corrected chi connectivity index (χ3v) is 7.99. The lowest BCUT2D eigenvalue weighted by Crippen LogP contribution is -2.61. The highest BCUT2D eigenvalue weighted by atomic mass is 32.2. The summed E-state index contributed by atoms with van der Waals surface area (Å²) in [5, 5.41) is 17.7. The standard InChI is InChI=1S/C30H31N3O10S/c1-18-7-6-10-21(13-18)28(37)41-17-43-30(39)32(15-31)11-12-44-23-14-22-24(19(2)34)26(35)33(22)25(23)29(38)42-16-40-27(36)20-8-4-3-5-9-20/h3-10,13,15,19,22,24,31,34H,11-12,14,16-17H2,1-2H3/t19-,22-,24-/m1/s1. The quantitative estimate of drug-likeness (QED) is 0.110. The average molecular weight is 626 g/mol. The monoisotopic (exact) mass is 625 g/mol. The van der Waals surface area contributed by atoms with Crippen LogP contribution in [0, 0.1) is 18.3 Å². The summed E-state index contributed by atoms with van der Waals surface area (Å²) in [7, 11) is 0. The van der Waals surface area contributed by atoms with Crippen LogP contribution in [0.4, 0.5) is 4.79 Å². The van der Waals surface area contributed by atoms with Crippen LogP contribution in [0.1, 0.15) is 39.6 Å². The van der Waals surface area contributed by atoms with Crippen LogP contribution in [-0.4, -0.2) is 89.2 Å². The molecular weight excluding hydrogens is 594 g/mol. The summed E-state index contributed by atoms with van der Waals surface area (Å²) >= 11 is 1.17. The number of β-lactam (4-membered cyclic amide) rings is 1. The van der Waals surface area contributed by atoms with E-state index in [1.54, 1.807) is 48.5 Å². The number of nitrogens with zero attached hydrogens (tertiary/aromatic N) is 2. The van der Waals surface area contributed by atoms with Crippen molar-refractivity contribution in [2.75, 3.05) is 25.9 Å². The Kier molecular flexibility index (Phi) is 10.7. The van der Waals surface area contributed by atoms with Crippen molar-refractivity contribution in [2.24, 2.45) is 5.92 Å². The number of thioether (sulfide) groups is 1. The molecule has 0 aromatic heterocycles. The number of carbonyl (C=O) groups is 5. The smallest absolute Gasteiger partial charge is 0.417 e. The number of esters is 3. The molecule has 1 saturated heterocycles. The predicted molar refractivity (Wildman–Crippen MR) is 156 cm³/mol. The normalized spacial score (nSPS) is 17.6. The zero-order chi connectivity index (χ0) is 31.8. The Morgan fingerprint density at radius 3 is 2.30 bits per heavy atom. The highest BCUT2D eigenvalue weighted by Gasteiger charge is 2.57. The molecule has 0 bridgehead atoms. The lowest BCUT2D eigenvalue weighted by atomic mass is 9.83. The molecule has 0 aliphatic carbocycles. The molecular formula is C30H31N3O10S. The summed E-state index contributed by atoms with van der Waals surface area (Å²) in [5.74, 6) is -3.18. The molecule has 2 amide bonds. The number of hydrogen-bond acceptors (Lipinski definition) is 12. The van der Waals surface area contributed by atoms with E-state index < -0.39 is 61.6 Å². The molecule has 14 heteroatoms. The van der Waals surface area contributed by atoms with Crippen LogP contribution in [0.5, 0.6) is 0 Å². The Hall–Kier alpha value is -4.69. The van der Waals surface area contributed by atoms with Gasteiger partial charge >= 0.3 is 24.0 Å². The topological polar surface area (TPSA) is 173 Å². The van der Waals surface area contributed by atoms with E-state index in [1.807, 2.05) is 13.0 Å². The molecule has 2 heterocycles. The van der Waals surface area contributed by atoms with Gasteiger partial charge in [-0.25, -0.2) is 19.2 Å². The average Bonchev–Trinajstić information content (AvgIpc) is 3.33. The minimum atomic E-state index is -0.930. The van der Waals surface area contributed by atoms with Gasteiger partial charge in [0.05, 0.1) is 35.5 Å². The maximum atomic E-state index is 13.0. The fourth-order valence-electron chi connectivity index (χ4n) is 4.76. The van der Waals surface area contributed by atoms with Crippen molar-refractivity contribution < 1.29 is 48.0 Å². The summed E-state index contributed by atoms with van der Waals surface area (Å²) in [6.07, 6.45) is -0.832. The Morgan fingerprint density at radius 1 is 1.00 bits per heavy atom. The third-order valence-electron chi connectivity index (χ3n) is 6.90. The van der Waals surface area contributed by atoms with Gasteiger partial charge in [-0.1, -0.05) is 35.9 Å². The summed E-state index contributed by atoms with van der Waals surface area (Å²) < 4.78 is 20.1. The summed E-state index contributed by atoms with van der Waals surface area (Å²) in [5.41, 5.74) is 1.41. The van der Waals surface area contributed by atoms with E-state index >= 15 is 0 Å². The molecule has 1 fully saturated rings. The molecule has 232 valence electrons. The van der Waals surface area contributed by atoms with E-state index in [1.165, 1.54) is 23.6 Å². The second kappa shape index (κ2) is 14.7. The van der Waals surface area contributed by atoms with Crippen LogP contribution in [-0.2, 0) is 28.5 Å². The summed E-state index contributed by atoms with van der Waals surface area (Å²) in [6, 6.07) is 14.4. The Balaban J connectivity index is 1.32. The third kappa shape index (κ3) is 7.44. The number of aliphatic hydroxyl groups is 1. The number of fused-ring (bicyclic) bond motifs is 1. The molecule has 2 aromatic carbocycles. The van der Waals surface area contributed by atoms with Crippen LogP contribution in [0.25, 0.3) is 0 Å². The molecule has 0 radical (unpaired) electrons. The molecule has 4 rings (SSSR count). The zero-order valence-corrected chi connectivity index (χ0v) is 24.8. The maximum Gasteiger partial charge on any atom is 0.417 e. The molecule has 2 aliphatic rings. The van der Waals surface area contributed by atoms with Crippen molar-refractivity contribution in [1.82, 2.24) is 9.80 Å². The van der Waals surface area contributed by atoms with Crippen LogP contribution in [0.2, 0.25) is 0 Å². The minimum absolute atomic E-state index is 0.0161. The second-order valence-electron chi connectivity index (χ2n) is 9.87. The van der Waals surface area contributed by atoms with Gasteiger partial charge in [-0.15, -0.1) is 11.8 Å². The van der Waals surface area contributed by atoms with Crippen molar-refractivity contribution in [3.8, 4) is 0 Å². The van der Waals surface area contributed by atoms with Gasteiger partial charge in [0.15, 0.2) is 0 Å². The number of carbonyl (C=O) groups excluding carboxylic acids is 5. The van der Waals surface area contributed by atoms with E-state index in [0.29, 0.717) is 10.5 Å². The lowest BCUT2D eigenvalue weighted by molar-refractivity contribution is -0.164. The first-order valence-corrected chi connectivity index (χ1v) is 14.5. The predicted octanol–water partition coefficient (Wildman–Crippen LogP) is 3.07. The van der Waals surface area contributed by atoms with E-state index in [0.717, 1.165) is 16.8 Å². The van der Waals surface area contributed by atoms with Gasteiger partial charge in [0.2, 0.25) is 19.5 Å². The van der Waals surface area contributed by atoms with Crippen molar-refractivity contribution in [1.29, 1.82) is 5.41 Å². The Bertz CT molecular complexity index is 1460. The van der Waals surface area contributed by atoms with Gasteiger partial charge in [0.25, 0.3) is 0 Å². The summed E-state index contributed by atoms with van der Waals surface area (Å²) in [6.45, 7) is 1.97. The number of nitrogens with one attached hydrogen (secondary N) is 1. The maximum absolute atomic E-state index is 13.0. The van der Waals surface area contributed by atoms with Crippen molar-refractivity contribution >= 4 is 48.0 Å². The Labute approximate surface area is 257 Å². The van der Waals surface area contributed by atoms with E-state index in [9.17, 15) is 29.1 Å². The van der Waals surface area contributed by atoms with Gasteiger partial charge in [-0.05, 0) is 38.1 Å². The van der Waals surface area contributed by atoms with Gasteiger partial charge in [0.1, 0.15) is 5.70 Å². The van der Waals surface area contributed by atoms with Crippen LogP contribution >= 0.6 is 11.8 Å². The van der Waals surface area contributed by atoms with Crippen LogP contribution < -0.4 is 0 Å². The first kappa shape index (κ1) is 32.2. The summed E-state index contributed by atoms with van der Waals surface area (Å²) in [4.78, 5) is 65.3. The van der Waals surface area contributed by atoms with Crippen molar-refractivity contribution in [2.45, 2.75) is 32.4 Å². The fraction of sp³-hybridized carbons (Fsp3) is 0.333. The van der Waals surface area contributed by atoms with Gasteiger partial charge in [-0.2, -0.15) is 0 Å². The number of rotatable bonds is 13. The van der Waals surface area contributed by atoms with Gasteiger partial charge < -0.3 is 29.0 Å². The van der Waals surface area contributed by atoms with Crippen LogP contribution in [0.3, 0.4) is 0 Å². The zero-order valence-electron chi connectivity index (χ0n) is 24.0. The van der Waals surface area contributed by atoms with Gasteiger partial charge in [0, 0.05) is 23.6 Å². The largest absolute Gasteiger partial charge is 0.424 e. The first-order chi connectivity index (χ1) is 21.1. The number of amides is 2. The number of benzene rings is 2. The molecule has 0 saturated carbocycles. The molecule has 13 nitrogen and oxygen atoms in total.